The maximum Gasteiger partial charge on any atom is 0.341 e. The van der Waals surface area contributed by atoms with Gasteiger partial charge in [0.05, 0.1) is 10.4 Å². The summed E-state index contributed by atoms with van der Waals surface area (Å²) >= 11 is 0. The second-order valence-electron chi connectivity index (χ2n) is 3.29. The third kappa shape index (κ3) is 1.63. The quantitative estimate of drug-likeness (QED) is 0.597. The summed E-state index contributed by atoms with van der Waals surface area (Å²) in [6.45, 7) is 0. The van der Waals surface area contributed by atoms with E-state index in [-0.39, 0.29) is 10.9 Å². The number of hydrogen-bond acceptors (Lipinski definition) is 4. The summed E-state index contributed by atoms with van der Waals surface area (Å²) < 4.78 is 0. The van der Waals surface area contributed by atoms with Crippen molar-refractivity contribution in [2.75, 3.05) is 0 Å². The summed E-state index contributed by atoms with van der Waals surface area (Å²) in [7, 11) is 0. The number of aromatic amines is 1. The number of nitro groups is 1. The monoisotopic (exact) mass is 234 g/mol. The smallest absolute Gasteiger partial charge is 0.341 e. The third-order valence-corrected chi connectivity index (χ3v) is 2.31. The summed E-state index contributed by atoms with van der Waals surface area (Å²) in [6, 6.07) is 4.04. The lowest BCUT2D eigenvalue weighted by Crippen LogP contribution is -2.16. The van der Waals surface area contributed by atoms with Gasteiger partial charge in [-0.25, -0.2) is 4.79 Å². The standard InChI is InChI=1S/C10H6N2O5/c13-9-5(10(14)15)4-11-6-2-1-3-7(8(6)9)12(16)17/h1-4H,(H,11,13)(H,14,15). The minimum Gasteiger partial charge on any atom is -0.477 e. The van der Waals surface area contributed by atoms with Crippen LogP contribution >= 0.6 is 0 Å². The molecule has 0 aliphatic heterocycles. The second kappa shape index (κ2) is 3.71. The molecule has 1 heterocycles. The van der Waals surface area contributed by atoms with Crippen molar-refractivity contribution >= 4 is 22.6 Å². The number of nitrogens with zero attached hydrogens (tertiary/aromatic N) is 1. The Hall–Kier alpha value is -2.70. The lowest BCUT2D eigenvalue weighted by molar-refractivity contribution is -0.383. The number of rotatable bonds is 2. The first-order valence-electron chi connectivity index (χ1n) is 4.54. The van der Waals surface area contributed by atoms with Gasteiger partial charge in [0, 0.05) is 12.3 Å². The van der Waals surface area contributed by atoms with E-state index in [9.17, 15) is 19.7 Å². The Balaban J connectivity index is 2.97. The molecule has 2 rings (SSSR count). The van der Waals surface area contributed by atoms with Crippen molar-refractivity contribution in [2.45, 2.75) is 0 Å². The molecule has 0 bridgehead atoms. The highest BCUT2D eigenvalue weighted by atomic mass is 16.6. The number of carboxylic acid groups (broad SMARTS) is 1. The van der Waals surface area contributed by atoms with Crippen LogP contribution in [0, 0.1) is 10.1 Å². The predicted octanol–water partition coefficient (Wildman–Crippen LogP) is 1.13. The van der Waals surface area contributed by atoms with Crippen LogP contribution in [0.1, 0.15) is 10.4 Å². The van der Waals surface area contributed by atoms with Crippen molar-refractivity contribution < 1.29 is 14.8 Å². The Morgan fingerprint density at radius 1 is 1.41 bits per heavy atom. The number of hydrogen-bond donors (Lipinski definition) is 2. The number of benzene rings is 1. The lowest BCUT2D eigenvalue weighted by Gasteiger charge is -2.00. The zero-order valence-corrected chi connectivity index (χ0v) is 8.34. The fourth-order valence-corrected chi connectivity index (χ4v) is 1.56. The van der Waals surface area contributed by atoms with Crippen molar-refractivity contribution in [2.24, 2.45) is 0 Å². The summed E-state index contributed by atoms with van der Waals surface area (Å²) in [4.78, 5) is 35.1. The number of carboxylic acids is 1. The minimum absolute atomic E-state index is 0.225. The lowest BCUT2D eigenvalue weighted by atomic mass is 10.1. The SMILES string of the molecule is O=C(O)c1c[nH]c2cccc([N+](=O)[O-])c2c1=O. The molecule has 7 heteroatoms. The normalized spacial score (nSPS) is 10.4. The van der Waals surface area contributed by atoms with E-state index in [0.717, 1.165) is 12.3 Å². The van der Waals surface area contributed by atoms with Gasteiger partial charge in [-0.05, 0) is 6.07 Å². The van der Waals surface area contributed by atoms with E-state index in [4.69, 9.17) is 5.11 Å². The molecule has 2 N–H and O–H groups in total. The van der Waals surface area contributed by atoms with Crippen LogP contribution in [0.2, 0.25) is 0 Å². The van der Waals surface area contributed by atoms with Gasteiger partial charge in [-0.15, -0.1) is 0 Å². The molecule has 1 aromatic heterocycles. The van der Waals surface area contributed by atoms with Crippen LogP contribution in [0.5, 0.6) is 0 Å². The van der Waals surface area contributed by atoms with Crippen LogP contribution in [-0.2, 0) is 0 Å². The van der Waals surface area contributed by atoms with Crippen LogP contribution in [0.3, 0.4) is 0 Å². The first-order valence-corrected chi connectivity index (χ1v) is 4.54. The van der Waals surface area contributed by atoms with Crippen LogP contribution in [-0.4, -0.2) is 21.0 Å². The van der Waals surface area contributed by atoms with Gasteiger partial charge < -0.3 is 10.1 Å². The Labute approximate surface area is 93.5 Å². The van der Waals surface area contributed by atoms with E-state index in [1.54, 1.807) is 0 Å². The van der Waals surface area contributed by atoms with Gasteiger partial charge in [-0.1, -0.05) is 6.07 Å². The molecule has 0 fully saturated rings. The van der Waals surface area contributed by atoms with Crippen molar-refractivity contribution in [1.29, 1.82) is 0 Å². The average Bonchev–Trinajstić information content (AvgIpc) is 2.28. The zero-order valence-electron chi connectivity index (χ0n) is 8.34. The molecule has 7 nitrogen and oxygen atoms in total. The molecule has 0 atom stereocenters. The molecule has 0 amide bonds. The molecule has 0 radical (unpaired) electrons. The molecule has 2 aromatic rings. The number of pyridine rings is 1. The number of carbonyl (C=O) groups is 1. The highest BCUT2D eigenvalue weighted by molar-refractivity contribution is 5.95. The van der Waals surface area contributed by atoms with Crippen LogP contribution in [0.15, 0.2) is 29.2 Å². The molecule has 0 spiro atoms. The Kier molecular flexibility index (Phi) is 2.36. The highest BCUT2D eigenvalue weighted by Crippen LogP contribution is 2.20. The van der Waals surface area contributed by atoms with Gasteiger partial charge in [0.1, 0.15) is 10.9 Å². The van der Waals surface area contributed by atoms with Crippen LogP contribution in [0.25, 0.3) is 10.9 Å². The summed E-state index contributed by atoms with van der Waals surface area (Å²) in [5.74, 6) is -1.42. The topological polar surface area (TPSA) is 113 Å². The fraction of sp³-hybridized carbons (Fsp3) is 0. The van der Waals surface area contributed by atoms with Gasteiger partial charge in [-0.3, -0.25) is 14.9 Å². The van der Waals surface area contributed by atoms with Gasteiger partial charge in [0.2, 0.25) is 5.43 Å². The van der Waals surface area contributed by atoms with E-state index in [0.29, 0.717) is 0 Å². The summed E-state index contributed by atoms with van der Waals surface area (Å²) in [5.41, 5.74) is -1.56. The molecule has 0 aliphatic carbocycles. The molecule has 86 valence electrons. The van der Waals surface area contributed by atoms with Crippen molar-refractivity contribution in [3.05, 3.63) is 50.3 Å². The highest BCUT2D eigenvalue weighted by Gasteiger charge is 2.19. The Bertz CT molecular complexity index is 689. The summed E-state index contributed by atoms with van der Waals surface area (Å²) in [6.07, 6.45) is 1.02. The number of aromatic carboxylic acids is 1. The van der Waals surface area contributed by atoms with E-state index >= 15 is 0 Å². The fourth-order valence-electron chi connectivity index (χ4n) is 1.56. The van der Waals surface area contributed by atoms with Gasteiger partial charge >= 0.3 is 5.97 Å². The largest absolute Gasteiger partial charge is 0.477 e. The van der Waals surface area contributed by atoms with Gasteiger partial charge in [0.15, 0.2) is 0 Å². The maximum atomic E-state index is 11.8. The molecule has 0 saturated carbocycles. The van der Waals surface area contributed by atoms with Crippen molar-refractivity contribution in [3.63, 3.8) is 0 Å². The van der Waals surface area contributed by atoms with Crippen LogP contribution in [0.4, 0.5) is 5.69 Å². The predicted molar refractivity (Wildman–Crippen MR) is 58.2 cm³/mol. The Morgan fingerprint density at radius 2 is 2.12 bits per heavy atom. The number of aromatic nitrogens is 1. The minimum atomic E-state index is -1.42. The van der Waals surface area contributed by atoms with E-state index in [2.05, 4.69) is 4.98 Å². The number of H-pyrrole nitrogens is 1. The Morgan fingerprint density at radius 3 is 2.71 bits per heavy atom. The zero-order chi connectivity index (χ0) is 12.6. The third-order valence-electron chi connectivity index (χ3n) is 2.31. The molecule has 1 aromatic carbocycles. The maximum absolute atomic E-state index is 11.8. The first kappa shape index (κ1) is 10.8. The average molecular weight is 234 g/mol. The summed E-state index contributed by atoms with van der Waals surface area (Å²) in [5, 5.41) is 19.3. The number of nitrogens with one attached hydrogen (secondary N) is 1. The van der Waals surface area contributed by atoms with Crippen LogP contribution < -0.4 is 5.43 Å². The van der Waals surface area contributed by atoms with Gasteiger partial charge in [0.25, 0.3) is 5.69 Å². The van der Waals surface area contributed by atoms with E-state index in [1.165, 1.54) is 12.1 Å². The first-order chi connectivity index (χ1) is 8.02. The van der Waals surface area contributed by atoms with Crippen molar-refractivity contribution in [3.8, 4) is 0 Å². The molecule has 0 saturated heterocycles. The van der Waals surface area contributed by atoms with Crippen molar-refractivity contribution in [1.82, 2.24) is 4.98 Å². The molecule has 0 unspecified atom stereocenters. The number of non-ortho nitro benzene ring substituents is 1. The molecule has 17 heavy (non-hydrogen) atoms. The number of nitro benzene ring substituents is 1. The van der Waals surface area contributed by atoms with E-state index in [1.807, 2.05) is 0 Å². The number of fused-ring (bicyclic) bond motifs is 1. The molecule has 0 aliphatic rings. The molecular formula is C10H6N2O5. The van der Waals surface area contributed by atoms with Gasteiger partial charge in [-0.2, -0.15) is 0 Å². The molecular weight excluding hydrogens is 228 g/mol. The van der Waals surface area contributed by atoms with E-state index < -0.39 is 27.6 Å². The second-order valence-corrected chi connectivity index (χ2v) is 3.29.